The number of pyridine rings is 4. The Labute approximate surface area is 891 Å². The second-order valence-corrected chi connectivity index (χ2v) is 52.2. The number of aromatic nitrogens is 8. The van der Waals surface area contributed by atoms with Crippen LogP contribution in [-0.2, 0) is 102 Å². The van der Waals surface area contributed by atoms with Crippen LogP contribution in [0.3, 0.4) is 0 Å². The van der Waals surface area contributed by atoms with E-state index >= 15 is 0 Å². The number of rotatable bonds is 13. The van der Waals surface area contributed by atoms with Crippen molar-refractivity contribution in [2.75, 3.05) is 0 Å². The third kappa shape index (κ3) is 33.0. The second-order valence-electron chi connectivity index (χ2n) is 36.5. The van der Waals surface area contributed by atoms with Crippen LogP contribution in [-0.4, -0.2) is 83.5 Å². The van der Waals surface area contributed by atoms with Crippen LogP contribution < -0.4 is 18.7 Å². The van der Waals surface area contributed by atoms with E-state index in [1.807, 2.05) is 152 Å². The van der Waals surface area contributed by atoms with Crippen molar-refractivity contribution in [2.45, 2.75) is 152 Å². The molecular formula is C121H122GeIr3N8O6PtSi-2. The number of hydrogen-bond acceptors (Lipinski definition) is 11. The average Bonchev–Trinajstić information content (AvgIpc) is 1.66. The van der Waals surface area contributed by atoms with Crippen LogP contribution in [0.4, 0.5) is 0 Å². The Morgan fingerprint density at radius 1 is 0.482 bits per heavy atom. The molecule has 12 aromatic carbocycles. The molecule has 0 saturated carbocycles. The van der Waals surface area contributed by atoms with Crippen LogP contribution in [0.2, 0.25) is 36.9 Å². The van der Waals surface area contributed by atoms with Gasteiger partial charge in [0.1, 0.15) is 0 Å². The number of ketones is 3. The number of allylic oxidation sites excluding steroid dienone is 6. The van der Waals surface area contributed by atoms with E-state index in [0.29, 0.717) is 11.8 Å². The Balaban J connectivity index is 0.000000221. The predicted octanol–water partition coefficient (Wildman–Crippen LogP) is 27.4. The van der Waals surface area contributed by atoms with E-state index in [1.54, 1.807) is 4.40 Å². The number of aliphatic hydroxyl groups excluding tert-OH is 3. The van der Waals surface area contributed by atoms with Crippen molar-refractivity contribution in [2.24, 2.45) is 0 Å². The minimum Gasteiger partial charge on any atom is -0.315 e. The van der Waals surface area contributed by atoms with Crippen molar-refractivity contribution in [1.82, 2.24) is 29.5 Å². The number of benzene rings is 12. The van der Waals surface area contributed by atoms with Gasteiger partial charge >= 0.3 is 127 Å². The summed E-state index contributed by atoms with van der Waals surface area (Å²) in [5, 5.41) is 33.7. The van der Waals surface area contributed by atoms with Crippen LogP contribution in [0.1, 0.15) is 120 Å². The van der Waals surface area contributed by atoms with Gasteiger partial charge in [-0.05, 0) is 153 Å². The topological polar surface area (TPSA) is 189 Å². The van der Waals surface area contributed by atoms with Gasteiger partial charge in [0.15, 0.2) is 17.3 Å². The Hall–Kier alpha value is -12.1. The van der Waals surface area contributed by atoms with Crippen molar-refractivity contribution >= 4 is 103 Å². The maximum absolute atomic E-state index is 10.0. The van der Waals surface area contributed by atoms with Crippen LogP contribution in [0.5, 0.6) is 0 Å². The number of carbonyl (C=O) groups excluding carboxylic acids is 3. The molecule has 14 nitrogen and oxygen atoms in total. The van der Waals surface area contributed by atoms with E-state index < -0.39 is 21.3 Å². The first-order valence-corrected chi connectivity index (χ1v) is 56.9. The fourth-order valence-electron chi connectivity index (χ4n) is 15.8. The Morgan fingerprint density at radius 3 is 1.62 bits per heavy atom. The molecule has 729 valence electrons. The summed E-state index contributed by atoms with van der Waals surface area (Å²) in [7, 11) is -1.48. The van der Waals surface area contributed by atoms with E-state index in [2.05, 4.69) is 322 Å². The predicted molar refractivity (Wildman–Crippen MR) is 570 cm³/mol. The quantitative estimate of drug-likeness (QED) is 0.0249. The number of para-hydroxylation sites is 4. The van der Waals surface area contributed by atoms with Gasteiger partial charge in [0.25, 0.3) is 6.33 Å². The molecule has 0 atom stereocenters. The Morgan fingerprint density at radius 2 is 1.05 bits per heavy atom. The molecule has 3 radical (unpaired) electrons. The van der Waals surface area contributed by atoms with E-state index in [-0.39, 0.29) is 116 Å². The monoisotopic (exact) mass is 2660 g/mol. The summed E-state index contributed by atoms with van der Waals surface area (Å²) in [4.78, 5) is 53.0. The summed E-state index contributed by atoms with van der Waals surface area (Å²) in [5.74, 6) is 8.15. The normalized spacial score (nSPS) is 11.1. The van der Waals surface area contributed by atoms with Crippen molar-refractivity contribution in [3.63, 3.8) is 0 Å². The minimum atomic E-state index is -1.70. The first-order chi connectivity index (χ1) is 65.5. The first-order valence-electron chi connectivity index (χ1n) is 46.0. The number of aliphatic hydroxyl groups is 3. The van der Waals surface area contributed by atoms with Gasteiger partial charge in [-0.25, -0.2) is 0 Å². The molecule has 20 heteroatoms. The number of hydrogen-bond donors (Lipinski definition) is 3. The number of imidazole rings is 1. The average molecular weight is 2660 g/mol. The second kappa shape index (κ2) is 55.3. The molecule has 19 rings (SSSR count). The zero-order chi connectivity index (χ0) is 98.6. The fourth-order valence-corrected chi connectivity index (χ4v) is 19.8. The van der Waals surface area contributed by atoms with E-state index in [0.717, 1.165) is 95.8 Å². The minimum absolute atomic E-state index is 0. The summed E-state index contributed by atoms with van der Waals surface area (Å²) in [6, 6.07) is 115. The zero-order valence-electron chi connectivity index (χ0n) is 83.6. The number of aryl methyl sites for hydroxylation is 4. The van der Waals surface area contributed by atoms with Gasteiger partial charge < -0.3 is 39.8 Å². The van der Waals surface area contributed by atoms with Gasteiger partial charge in [0.2, 0.25) is 0 Å². The molecule has 0 amide bonds. The molecule has 0 bridgehead atoms. The largest absolute Gasteiger partial charge is 2.00 e. The summed E-state index contributed by atoms with van der Waals surface area (Å²) >= 11 is -1.70. The van der Waals surface area contributed by atoms with Crippen LogP contribution >= 0.6 is 0 Å². The van der Waals surface area contributed by atoms with Gasteiger partial charge in [0.05, 0.1) is 53.3 Å². The third-order valence-corrected chi connectivity index (χ3v) is 28.4. The molecule has 0 unspecified atom stereocenters. The van der Waals surface area contributed by atoms with Crippen molar-refractivity contribution < 1.29 is 120 Å². The molecule has 18 aromatic rings. The Kier molecular flexibility index (Phi) is 45.4. The molecule has 0 spiro atoms. The van der Waals surface area contributed by atoms with Gasteiger partial charge in [-0.15, -0.1) is 136 Å². The van der Waals surface area contributed by atoms with Crippen LogP contribution in [0.15, 0.2) is 352 Å². The smallest absolute Gasteiger partial charge is 0.315 e. The summed E-state index contributed by atoms with van der Waals surface area (Å²) in [6.07, 6.45) is 16.9. The number of nitrogens with zero attached hydrogens (tertiary/aromatic N) is 8. The standard InChI is InChI=1S/C23H26N.C20H20NSi.C19H13N2.C17H11N2.C15H18GeN.C12H10N.3C5H8O2.3Ir.Pt/c1-14(2)18-12-21(15(3)4)20-7-8-24-23(22(20)13-18)19-10-16(5)9-17(6)11-19;1-22(2,3)20-14-19(17-12-8-5-9-13-17)21-15-18(20)16-10-6-4-7-11-16;1-3-9-16(10-4-1)20-15-21(17-11-5-2-6-12-17)19-14-8-7-13-18(19)20;1-11-10-18-16-14-8-4-2-6-12(14)13-7-3-5-9-15(13)17(16)19-11;1-16(2,3)13-8-9-15-14-7-5-4-6-12(14)10-17(15)11-13;1-10-6-5-9-13-12(10)11-7-3-2-4-8-11;3*1-4(6)3-5(2)7;;;;/h7-10,12-15H,1-6H3;4-12,14-15H,1-3H3;1-11,13-14H;2-7,9-10H,1H3;4-9,11H,10H2,1-3H3;2-7,9H,1H3;3*3,6H,1-2H3;;;;/q4*-1;+1;-1;;;;;;;+2. The number of fused-ring (bicyclic) bond motifs is 11. The summed E-state index contributed by atoms with van der Waals surface area (Å²) in [6.45, 7) is 34.0. The van der Waals surface area contributed by atoms with Gasteiger partial charge in [-0.2, -0.15) is 30.3 Å². The number of carbonyl (C=O) groups is 3. The van der Waals surface area contributed by atoms with Crippen molar-refractivity contribution in [3.05, 3.63) is 427 Å². The van der Waals surface area contributed by atoms with Crippen LogP contribution in [0, 0.1) is 64.4 Å². The molecular weight excluding hydrogens is 2530 g/mol. The first kappa shape index (κ1) is 116. The van der Waals surface area contributed by atoms with Gasteiger partial charge in [0, 0.05) is 109 Å². The summed E-state index contributed by atoms with van der Waals surface area (Å²) in [5.41, 5.74) is 26.6. The molecule has 0 saturated heterocycles. The third-order valence-electron chi connectivity index (χ3n) is 22.1. The molecule has 6 aromatic heterocycles. The molecule has 0 fully saturated rings. The maximum Gasteiger partial charge on any atom is 2.00 e. The summed E-state index contributed by atoms with van der Waals surface area (Å²) < 4.78 is 8.12. The van der Waals surface area contributed by atoms with Gasteiger partial charge in [-0.1, -0.05) is 204 Å². The maximum atomic E-state index is 10.0. The SMILES string of the molecule is CC(=O)C=C(C)O.CC(=O)C=C(C)O.CC(=O)C=C(C)O.C[Si](C)(C)c1cc(-c2[c-]cccc2)ncc1-c1ccccc1.Cc1[c-]c(-c2nccc3c(C(C)C)cc(C(C)C)cc23)cc(C)c1.Cc1cccnc1-c1[c-]cccc1.Cc1cnc2c3[c-]cccc3c3ccccc3c2n1.[CH3][Ge]([CH3])([CH3])[c]1ccc2[n+](c1)Cc1ccccc1-2.[Ir].[Ir].[Ir].[Pt+2].[c-]1ccccc1-[n+]1[c-]n(-c2ccccc2)c2ccccc21. The fraction of sp³-hybridized carbons (Fsp3) is 0.190. The zero-order valence-corrected chi connectivity index (χ0v) is 96.1. The molecule has 141 heavy (non-hydrogen) atoms. The van der Waals surface area contributed by atoms with E-state index in [1.165, 1.54) is 137 Å². The Bertz CT molecular complexity index is 7110. The van der Waals surface area contributed by atoms with Crippen molar-refractivity contribution in [1.29, 1.82) is 0 Å². The molecule has 7 heterocycles. The molecule has 0 aliphatic carbocycles. The molecule has 3 N–H and O–H groups in total. The molecule has 1 aliphatic heterocycles. The van der Waals surface area contributed by atoms with Crippen molar-refractivity contribution in [3.8, 4) is 67.5 Å². The van der Waals surface area contributed by atoms with Crippen LogP contribution in [0.25, 0.3) is 122 Å². The van der Waals surface area contributed by atoms with E-state index in [4.69, 9.17) is 25.3 Å². The molecule has 1 aliphatic rings. The van der Waals surface area contributed by atoms with Gasteiger partial charge in [-0.3, -0.25) is 23.9 Å². The van der Waals surface area contributed by atoms with E-state index in [9.17, 15) is 14.4 Å².